The molecule has 1 aliphatic rings. The van der Waals surface area contributed by atoms with Crippen LogP contribution in [0, 0.1) is 5.92 Å². The molecule has 5 nitrogen and oxygen atoms in total. The third-order valence-corrected chi connectivity index (χ3v) is 5.26. The molecule has 0 radical (unpaired) electrons. The summed E-state index contributed by atoms with van der Waals surface area (Å²) in [5, 5.41) is 0. The number of hydrogen-bond donors (Lipinski definition) is 1. The summed E-state index contributed by atoms with van der Waals surface area (Å²) in [5.74, 6) is 1.66. The maximum atomic E-state index is 11.4. The van der Waals surface area contributed by atoms with E-state index in [2.05, 4.69) is 4.98 Å². The number of nitrogen functional groups attached to an aromatic ring is 1. The molecule has 0 amide bonds. The van der Waals surface area contributed by atoms with E-state index >= 15 is 0 Å². The fourth-order valence-electron chi connectivity index (χ4n) is 2.50. The predicted octanol–water partition coefficient (Wildman–Crippen LogP) is 0.894. The highest BCUT2D eigenvalue weighted by atomic mass is 32.2. The molecule has 3 rings (SSSR count). The number of pyridine rings is 1. The van der Waals surface area contributed by atoms with Gasteiger partial charge < -0.3 is 10.1 Å². The normalized spacial score (nSPS) is 22.6. The summed E-state index contributed by atoms with van der Waals surface area (Å²) in [6, 6.07) is 3.75. The quantitative estimate of drug-likeness (QED) is 0.875. The SMILES string of the molecule is Nc1ccc2cnc(CC3CCS(=O)(=O)C3)n2c1. The summed E-state index contributed by atoms with van der Waals surface area (Å²) in [7, 11) is -2.82. The van der Waals surface area contributed by atoms with Crippen LogP contribution >= 0.6 is 0 Å². The summed E-state index contributed by atoms with van der Waals surface area (Å²) in [5.41, 5.74) is 7.43. The molecule has 2 aromatic rings. The Morgan fingerprint density at radius 2 is 2.28 bits per heavy atom. The smallest absolute Gasteiger partial charge is 0.150 e. The molecule has 1 atom stereocenters. The third-order valence-electron chi connectivity index (χ3n) is 3.42. The van der Waals surface area contributed by atoms with Crippen LogP contribution in [0.25, 0.3) is 5.52 Å². The highest BCUT2D eigenvalue weighted by molar-refractivity contribution is 7.91. The Morgan fingerprint density at radius 3 is 3.00 bits per heavy atom. The Bertz CT molecular complexity index is 690. The van der Waals surface area contributed by atoms with Crippen LogP contribution in [0.4, 0.5) is 5.69 Å². The number of sulfone groups is 1. The minimum Gasteiger partial charge on any atom is -0.398 e. The lowest BCUT2D eigenvalue weighted by Gasteiger charge is -2.07. The highest BCUT2D eigenvalue weighted by Crippen LogP contribution is 2.23. The van der Waals surface area contributed by atoms with Gasteiger partial charge in [-0.05, 0) is 24.5 Å². The minimum atomic E-state index is -2.82. The Kier molecular flexibility index (Phi) is 2.55. The molecule has 18 heavy (non-hydrogen) atoms. The molecule has 1 aliphatic heterocycles. The van der Waals surface area contributed by atoms with Gasteiger partial charge in [-0.1, -0.05) is 0 Å². The van der Waals surface area contributed by atoms with E-state index in [4.69, 9.17) is 5.73 Å². The largest absolute Gasteiger partial charge is 0.398 e. The number of aromatic nitrogens is 2. The van der Waals surface area contributed by atoms with Crippen LogP contribution < -0.4 is 5.73 Å². The van der Waals surface area contributed by atoms with Gasteiger partial charge in [0.2, 0.25) is 0 Å². The molecule has 2 N–H and O–H groups in total. The molecule has 1 fully saturated rings. The van der Waals surface area contributed by atoms with Gasteiger partial charge in [0, 0.05) is 18.3 Å². The zero-order valence-corrected chi connectivity index (χ0v) is 10.7. The summed E-state index contributed by atoms with van der Waals surface area (Å²) >= 11 is 0. The molecule has 2 aromatic heterocycles. The van der Waals surface area contributed by atoms with E-state index in [-0.39, 0.29) is 11.7 Å². The Morgan fingerprint density at radius 1 is 1.44 bits per heavy atom. The number of nitrogens with zero attached hydrogens (tertiary/aromatic N) is 2. The molecule has 0 saturated carbocycles. The van der Waals surface area contributed by atoms with Crippen LogP contribution in [0.2, 0.25) is 0 Å². The molecule has 0 aromatic carbocycles. The number of hydrogen-bond acceptors (Lipinski definition) is 4. The van der Waals surface area contributed by atoms with Gasteiger partial charge in [-0.3, -0.25) is 0 Å². The van der Waals surface area contributed by atoms with E-state index in [0.717, 1.165) is 17.8 Å². The standard InChI is InChI=1S/C12H15N3O2S/c13-10-1-2-11-6-14-12(15(11)7-10)5-9-3-4-18(16,17)8-9/h1-2,6-7,9H,3-5,8,13H2. The molecule has 0 spiro atoms. The topological polar surface area (TPSA) is 77.5 Å². The van der Waals surface area contributed by atoms with Crippen molar-refractivity contribution in [3.63, 3.8) is 0 Å². The number of fused-ring (bicyclic) bond motifs is 1. The fourth-order valence-corrected chi connectivity index (χ4v) is 4.36. The molecule has 0 aliphatic carbocycles. The van der Waals surface area contributed by atoms with Crippen LogP contribution in [0.15, 0.2) is 24.5 Å². The number of rotatable bonds is 2. The van der Waals surface area contributed by atoms with Gasteiger partial charge >= 0.3 is 0 Å². The van der Waals surface area contributed by atoms with Crippen molar-refractivity contribution in [3.05, 3.63) is 30.4 Å². The van der Waals surface area contributed by atoms with E-state index in [1.807, 2.05) is 22.7 Å². The number of nitrogens with two attached hydrogens (primary N) is 1. The molecule has 6 heteroatoms. The van der Waals surface area contributed by atoms with Crippen LogP contribution in [-0.2, 0) is 16.3 Å². The second-order valence-electron chi connectivity index (χ2n) is 4.90. The monoisotopic (exact) mass is 265 g/mol. The summed E-state index contributed by atoms with van der Waals surface area (Å²) in [4.78, 5) is 4.36. The first kappa shape index (κ1) is 11.5. The first-order valence-electron chi connectivity index (χ1n) is 5.95. The molecular formula is C12H15N3O2S. The van der Waals surface area contributed by atoms with Crippen molar-refractivity contribution in [2.24, 2.45) is 5.92 Å². The minimum absolute atomic E-state index is 0.182. The zero-order valence-electron chi connectivity index (χ0n) is 9.91. The van der Waals surface area contributed by atoms with Gasteiger partial charge in [-0.2, -0.15) is 0 Å². The molecule has 1 saturated heterocycles. The molecule has 0 bridgehead atoms. The van der Waals surface area contributed by atoms with Gasteiger partial charge in [-0.15, -0.1) is 0 Å². The van der Waals surface area contributed by atoms with Gasteiger partial charge in [0.15, 0.2) is 9.84 Å². The number of anilines is 1. The summed E-state index contributed by atoms with van der Waals surface area (Å²) in [6.45, 7) is 0. The van der Waals surface area contributed by atoms with Crippen molar-refractivity contribution in [1.82, 2.24) is 9.38 Å². The average Bonchev–Trinajstić information content (AvgIpc) is 2.84. The van der Waals surface area contributed by atoms with Crippen LogP contribution in [0.5, 0.6) is 0 Å². The second kappa shape index (κ2) is 3.98. The van der Waals surface area contributed by atoms with E-state index < -0.39 is 9.84 Å². The lowest BCUT2D eigenvalue weighted by atomic mass is 10.1. The van der Waals surface area contributed by atoms with Crippen LogP contribution in [-0.4, -0.2) is 29.3 Å². The fraction of sp³-hybridized carbons (Fsp3) is 0.417. The van der Waals surface area contributed by atoms with Crippen molar-refractivity contribution in [3.8, 4) is 0 Å². The van der Waals surface area contributed by atoms with Gasteiger partial charge in [-0.25, -0.2) is 13.4 Å². The van der Waals surface area contributed by atoms with Gasteiger partial charge in [0.1, 0.15) is 5.82 Å². The van der Waals surface area contributed by atoms with E-state index in [1.165, 1.54) is 0 Å². The van der Waals surface area contributed by atoms with Crippen molar-refractivity contribution >= 4 is 21.0 Å². The first-order valence-corrected chi connectivity index (χ1v) is 7.77. The summed E-state index contributed by atoms with van der Waals surface area (Å²) < 4.78 is 24.8. The second-order valence-corrected chi connectivity index (χ2v) is 7.13. The molecule has 3 heterocycles. The molecule has 1 unspecified atom stereocenters. The molecular weight excluding hydrogens is 250 g/mol. The Hall–Kier alpha value is -1.56. The summed E-state index contributed by atoms with van der Waals surface area (Å²) in [6.07, 6.45) is 5.05. The zero-order chi connectivity index (χ0) is 12.8. The molecule has 96 valence electrons. The van der Waals surface area contributed by atoms with E-state index in [1.54, 1.807) is 6.20 Å². The number of imidazole rings is 1. The maximum absolute atomic E-state index is 11.4. The average molecular weight is 265 g/mol. The van der Waals surface area contributed by atoms with Crippen molar-refractivity contribution in [2.45, 2.75) is 12.8 Å². The maximum Gasteiger partial charge on any atom is 0.150 e. The lowest BCUT2D eigenvalue weighted by molar-refractivity contribution is 0.568. The predicted molar refractivity (Wildman–Crippen MR) is 70.1 cm³/mol. The van der Waals surface area contributed by atoms with Gasteiger partial charge in [0.05, 0.1) is 23.2 Å². The highest BCUT2D eigenvalue weighted by Gasteiger charge is 2.28. The van der Waals surface area contributed by atoms with Crippen molar-refractivity contribution in [2.75, 3.05) is 17.2 Å². The van der Waals surface area contributed by atoms with E-state index in [0.29, 0.717) is 17.9 Å². The Labute approximate surface area is 106 Å². The van der Waals surface area contributed by atoms with Crippen molar-refractivity contribution in [1.29, 1.82) is 0 Å². The Balaban J connectivity index is 1.89. The van der Waals surface area contributed by atoms with Crippen molar-refractivity contribution < 1.29 is 8.42 Å². The first-order chi connectivity index (χ1) is 8.53. The lowest BCUT2D eigenvalue weighted by Crippen LogP contribution is -2.09. The third kappa shape index (κ3) is 2.08. The van der Waals surface area contributed by atoms with Gasteiger partial charge in [0.25, 0.3) is 0 Å². The van der Waals surface area contributed by atoms with Crippen LogP contribution in [0.1, 0.15) is 12.2 Å². The van der Waals surface area contributed by atoms with Crippen LogP contribution in [0.3, 0.4) is 0 Å². The van der Waals surface area contributed by atoms with E-state index in [9.17, 15) is 8.42 Å².